The Morgan fingerprint density at radius 1 is 1.12 bits per heavy atom. The first-order chi connectivity index (χ1) is 7.24. The summed E-state index contributed by atoms with van der Waals surface area (Å²) in [4.78, 5) is 11.1. The summed E-state index contributed by atoms with van der Waals surface area (Å²) >= 11 is 0. The second-order valence-electron chi connectivity index (χ2n) is 4.82. The van der Waals surface area contributed by atoms with Gasteiger partial charge in [0.25, 0.3) is 0 Å². The molecule has 2 aliphatic carbocycles. The van der Waals surface area contributed by atoms with Gasteiger partial charge in [0.05, 0.1) is 0 Å². The molecule has 0 saturated heterocycles. The van der Waals surface area contributed by atoms with Crippen LogP contribution in [0, 0.1) is 11.8 Å². The third-order valence-corrected chi connectivity index (χ3v) is 3.79. The van der Waals surface area contributed by atoms with E-state index in [9.17, 15) is 9.90 Å². The first-order valence-electron chi connectivity index (χ1n) is 5.55. The van der Waals surface area contributed by atoms with E-state index in [1.807, 2.05) is 6.07 Å². The van der Waals surface area contributed by atoms with Crippen molar-refractivity contribution in [1.29, 1.82) is 0 Å². The van der Waals surface area contributed by atoms with Crippen LogP contribution in [-0.2, 0) is 0 Å². The van der Waals surface area contributed by atoms with Crippen LogP contribution in [0.25, 0.3) is 0 Å². The van der Waals surface area contributed by atoms with Gasteiger partial charge in [-0.15, -0.1) is 0 Å². The SMILES string of the molecule is O=c1cccc(C2CC3CC3C2)cc1[O-].[Na+]. The van der Waals surface area contributed by atoms with Crippen LogP contribution in [0.1, 0.15) is 30.7 Å². The maximum Gasteiger partial charge on any atom is 1.00 e. The molecular weight excluding hydrogens is 211 g/mol. The molecular formula is C13H13NaO2. The van der Waals surface area contributed by atoms with E-state index in [1.165, 1.54) is 31.4 Å². The van der Waals surface area contributed by atoms with Crippen LogP contribution in [-0.4, -0.2) is 0 Å². The van der Waals surface area contributed by atoms with Crippen molar-refractivity contribution < 1.29 is 34.7 Å². The van der Waals surface area contributed by atoms with Crippen LogP contribution in [0.15, 0.2) is 29.1 Å². The Balaban J connectivity index is 0.000000963. The summed E-state index contributed by atoms with van der Waals surface area (Å²) in [5.74, 6) is 1.97. The minimum atomic E-state index is -0.399. The number of rotatable bonds is 1. The van der Waals surface area contributed by atoms with Crippen molar-refractivity contribution in [3.05, 3.63) is 40.1 Å². The van der Waals surface area contributed by atoms with E-state index in [4.69, 9.17) is 0 Å². The van der Waals surface area contributed by atoms with Crippen molar-refractivity contribution in [1.82, 2.24) is 0 Å². The summed E-state index contributed by atoms with van der Waals surface area (Å²) in [6, 6.07) is 6.54. The van der Waals surface area contributed by atoms with E-state index in [1.54, 1.807) is 6.07 Å². The van der Waals surface area contributed by atoms with E-state index in [-0.39, 0.29) is 35.3 Å². The standard InChI is InChI=1S/C13H14O2.Na/c14-12-3-1-2-8(7-13(12)15)9-4-10-6-11(10)5-9;/h1-3,7,9-11H,4-6H2,(H,14,15);/q;+1/p-1. The van der Waals surface area contributed by atoms with Gasteiger partial charge in [0.2, 0.25) is 0 Å². The summed E-state index contributed by atoms with van der Waals surface area (Å²) in [6.07, 6.45) is 3.80. The van der Waals surface area contributed by atoms with Gasteiger partial charge in [0.15, 0.2) is 5.43 Å². The quantitative estimate of drug-likeness (QED) is 0.553. The van der Waals surface area contributed by atoms with Crippen molar-refractivity contribution >= 4 is 0 Å². The zero-order valence-corrected chi connectivity index (χ0v) is 11.5. The van der Waals surface area contributed by atoms with Gasteiger partial charge in [-0.05, 0) is 48.6 Å². The van der Waals surface area contributed by atoms with Gasteiger partial charge in [-0.1, -0.05) is 23.9 Å². The Morgan fingerprint density at radius 3 is 2.50 bits per heavy atom. The molecule has 0 aromatic heterocycles. The molecule has 0 spiro atoms. The average molecular weight is 224 g/mol. The van der Waals surface area contributed by atoms with Crippen molar-refractivity contribution in [2.45, 2.75) is 25.2 Å². The summed E-state index contributed by atoms with van der Waals surface area (Å²) in [5, 5.41) is 11.4. The fourth-order valence-electron chi connectivity index (χ4n) is 2.84. The molecule has 0 amide bonds. The van der Waals surface area contributed by atoms with E-state index in [0.29, 0.717) is 5.92 Å². The molecule has 3 heteroatoms. The van der Waals surface area contributed by atoms with Crippen LogP contribution in [0.3, 0.4) is 0 Å². The van der Waals surface area contributed by atoms with E-state index < -0.39 is 5.43 Å². The number of fused-ring (bicyclic) bond motifs is 1. The molecule has 2 saturated carbocycles. The van der Waals surface area contributed by atoms with Crippen LogP contribution in [0.4, 0.5) is 0 Å². The minimum absolute atomic E-state index is 0. The molecule has 0 radical (unpaired) electrons. The molecule has 3 rings (SSSR count). The molecule has 16 heavy (non-hydrogen) atoms. The maximum atomic E-state index is 11.4. The Kier molecular flexibility index (Phi) is 3.43. The first-order valence-corrected chi connectivity index (χ1v) is 5.55. The van der Waals surface area contributed by atoms with Crippen molar-refractivity contribution in [2.24, 2.45) is 11.8 Å². The van der Waals surface area contributed by atoms with E-state index in [0.717, 1.165) is 17.4 Å². The predicted molar refractivity (Wildman–Crippen MR) is 55.7 cm³/mol. The van der Waals surface area contributed by atoms with Crippen LogP contribution < -0.4 is 40.1 Å². The molecule has 0 aliphatic heterocycles. The van der Waals surface area contributed by atoms with Gasteiger partial charge < -0.3 is 5.11 Å². The molecule has 0 bridgehead atoms. The summed E-state index contributed by atoms with van der Waals surface area (Å²) in [5.41, 5.74) is 0.665. The van der Waals surface area contributed by atoms with Crippen LogP contribution >= 0.6 is 0 Å². The molecule has 2 aliphatic rings. The van der Waals surface area contributed by atoms with Gasteiger partial charge in [-0.3, -0.25) is 4.79 Å². The molecule has 1 aromatic rings. The van der Waals surface area contributed by atoms with Gasteiger partial charge in [0, 0.05) is 0 Å². The van der Waals surface area contributed by atoms with Gasteiger partial charge in [0.1, 0.15) is 0 Å². The molecule has 0 heterocycles. The maximum absolute atomic E-state index is 11.4. The van der Waals surface area contributed by atoms with E-state index in [2.05, 4.69) is 0 Å². The fraction of sp³-hybridized carbons (Fsp3) is 0.462. The second kappa shape index (κ2) is 4.52. The van der Waals surface area contributed by atoms with E-state index >= 15 is 0 Å². The Bertz CT molecular complexity index is 448. The average Bonchev–Trinajstić information content (AvgIpc) is 2.87. The molecule has 2 nitrogen and oxygen atoms in total. The smallest absolute Gasteiger partial charge is 0.870 e. The molecule has 0 N–H and O–H groups in total. The topological polar surface area (TPSA) is 40.1 Å². The molecule has 78 valence electrons. The number of hydrogen-bond acceptors (Lipinski definition) is 2. The predicted octanol–water partition coefficient (Wildman–Crippen LogP) is -1.36. The minimum Gasteiger partial charge on any atom is -0.870 e. The molecule has 2 fully saturated rings. The zero-order valence-electron chi connectivity index (χ0n) is 9.48. The largest absolute Gasteiger partial charge is 1.00 e. The summed E-state index contributed by atoms with van der Waals surface area (Å²) in [6.45, 7) is 0. The first kappa shape index (κ1) is 12.2. The summed E-state index contributed by atoms with van der Waals surface area (Å²) in [7, 11) is 0. The monoisotopic (exact) mass is 224 g/mol. The van der Waals surface area contributed by atoms with Crippen molar-refractivity contribution in [2.75, 3.05) is 0 Å². The van der Waals surface area contributed by atoms with Gasteiger partial charge in [-0.2, -0.15) is 0 Å². The van der Waals surface area contributed by atoms with Crippen LogP contribution in [0.2, 0.25) is 0 Å². The van der Waals surface area contributed by atoms with Gasteiger partial charge >= 0.3 is 29.6 Å². The molecule has 2 atom stereocenters. The third-order valence-electron chi connectivity index (χ3n) is 3.79. The Hall–Kier alpha value is -0.310. The molecule has 1 aromatic carbocycles. The normalized spacial score (nSPS) is 30.4. The Labute approximate surface area is 117 Å². The second-order valence-corrected chi connectivity index (χ2v) is 4.82. The molecule has 2 unspecified atom stereocenters. The van der Waals surface area contributed by atoms with Crippen molar-refractivity contribution in [3.63, 3.8) is 0 Å². The summed E-state index contributed by atoms with van der Waals surface area (Å²) < 4.78 is 0. The van der Waals surface area contributed by atoms with Crippen molar-refractivity contribution in [3.8, 4) is 5.75 Å². The Morgan fingerprint density at radius 2 is 1.81 bits per heavy atom. The third kappa shape index (κ3) is 2.20. The van der Waals surface area contributed by atoms with Gasteiger partial charge in [-0.25, -0.2) is 0 Å². The zero-order chi connectivity index (χ0) is 10.4. The number of hydrogen-bond donors (Lipinski definition) is 0. The fourth-order valence-corrected chi connectivity index (χ4v) is 2.84. The van der Waals surface area contributed by atoms with Crippen LogP contribution in [0.5, 0.6) is 5.75 Å².